The van der Waals surface area contributed by atoms with Gasteiger partial charge in [-0.2, -0.15) is 0 Å². The Kier molecular flexibility index (Phi) is 3.84. The maximum Gasteiger partial charge on any atom is 0.144 e. The molecule has 0 aliphatic rings. The lowest BCUT2D eigenvalue weighted by Gasteiger charge is -2.20. The van der Waals surface area contributed by atoms with E-state index in [-0.39, 0.29) is 11.9 Å². The number of aromatic nitrogens is 2. The fourth-order valence-corrected chi connectivity index (χ4v) is 1.63. The number of rotatable bonds is 4. The highest BCUT2D eigenvalue weighted by molar-refractivity contribution is 5.33. The summed E-state index contributed by atoms with van der Waals surface area (Å²) in [6, 6.07) is 5.53. The first-order chi connectivity index (χ1) is 8.66. The topological polar surface area (TPSA) is 58.0 Å². The molecule has 0 aliphatic heterocycles. The molecule has 0 saturated heterocycles. The second-order valence-electron chi connectivity index (χ2n) is 4.02. The lowest BCUT2D eigenvalue weighted by molar-refractivity contribution is 0.160. The molecule has 0 aliphatic carbocycles. The van der Waals surface area contributed by atoms with Crippen LogP contribution in [0.25, 0.3) is 0 Å². The van der Waals surface area contributed by atoms with E-state index in [1.54, 1.807) is 30.7 Å². The van der Waals surface area contributed by atoms with E-state index < -0.39 is 6.10 Å². The molecule has 0 spiro atoms. The third kappa shape index (κ3) is 3.01. The zero-order chi connectivity index (χ0) is 13.0. The Morgan fingerprint density at radius 2 is 1.94 bits per heavy atom. The Morgan fingerprint density at radius 1 is 1.22 bits per heavy atom. The second-order valence-corrected chi connectivity index (χ2v) is 4.02. The molecule has 0 radical (unpaired) electrons. The minimum atomic E-state index is -0.743. The maximum absolute atomic E-state index is 12.8. The summed E-state index contributed by atoms with van der Waals surface area (Å²) >= 11 is 0. The van der Waals surface area contributed by atoms with Crippen LogP contribution in [0.4, 0.5) is 10.2 Å². The van der Waals surface area contributed by atoms with Crippen LogP contribution in [0.15, 0.2) is 42.9 Å². The average Bonchev–Trinajstić information content (AvgIpc) is 2.40. The van der Waals surface area contributed by atoms with Gasteiger partial charge in [0, 0.05) is 12.4 Å². The molecule has 5 heteroatoms. The van der Waals surface area contributed by atoms with Gasteiger partial charge >= 0.3 is 0 Å². The van der Waals surface area contributed by atoms with Crippen molar-refractivity contribution in [1.82, 2.24) is 9.97 Å². The first kappa shape index (κ1) is 12.4. The van der Waals surface area contributed by atoms with Crippen molar-refractivity contribution in [3.8, 4) is 0 Å². The highest BCUT2D eigenvalue weighted by Crippen LogP contribution is 2.19. The number of halogens is 1. The molecule has 2 aromatic rings. The van der Waals surface area contributed by atoms with Crippen LogP contribution in [-0.2, 0) is 0 Å². The largest absolute Gasteiger partial charge is 0.386 e. The van der Waals surface area contributed by atoms with Gasteiger partial charge in [-0.05, 0) is 24.6 Å². The molecule has 0 unspecified atom stereocenters. The molecule has 2 N–H and O–H groups in total. The van der Waals surface area contributed by atoms with E-state index in [9.17, 15) is 9.50 Å². The van der Waals surface area contributed by atoms with Gasteiger partial charge in [-0.3, -0.25) is 4.98 Å². The molecule has 2 atom stereocenters. The fraction of sp³-hybridized carbons (Fsp3) is 0.231. The molecule has 4 nitrogen and oxygen atoms in total. The summed E-state index contributed by atoms with van der Waals surface area (Å²) in [5.41, 5.74) is 0.653. The SMILES string of the molecule is C[C@@H](Nc1cnccn1)[C@H](O)c1ccc(F)cc1. The van der Waals surface area contributed by atoms with E-state index in [1.807, 2.05) is 6.92 Å². The van der Waals surface area contributed by atoms with Crippen LogP contribution >= 0.6 is 0 Å². The Bertz CT molecular complexity index is 489. The van der Waals surface area contributed by atoms with Gasteiger partial charge in [0.1, 0.15) is 11.6 Å². The summed E-state index contributed by atoms with van der Waals surface area (Å²) in [4.78, 5) is 7.99. The summed E-state index contributed by atoms with van der Waals surface area (Å²) in [6.07, 6.45) is 3.98. The van der Waals surface area contributed by atoms with Crippen LogP contribution < -0.4 is 5.32 Å². The molecule has 1 heterocycles. The van der Waals surface area contributed by atoms with Crippen molar-refractivity contribution in [3.05, 3.63) is 54.2 Å². The third-order valence-electron chi connectivity index (χ3n) is 2.62. The highest BCUT2D eigenvalue weighted by atomic mass is 19.1. The fourth-order valence-electron chi connectivity index (χ4n) is 1.63. The van der Waals surface area contributed by atoms with E-state index >= 15 is 0 Å². The number of nitrogens with zero attached hydrogens (tertiary/aromatic N) is 2. The Balaban J connectivity index is 2.05. The smallest absolute Gasteiger partial charge is 0.144 e. The van der Waals surface area contributed by atoms with Crippen LogP contribution in [-0.4, -0.2) is 21.1 Å². The summed E-state index contributed by atoms with van der Waals surface area (Å²) in [5.74, 6) is 0.270. The van der Waals surface area contributed by atoms with Gasteiger partial charge in [-0.15, -0.1) is 0 Å². The van der Waals surface area contributed by atoms with Gasteiger partial charge < -0.3 is 10.4 Å². The molecule has 2 rings (SSSR count). The number of aliphatic hydroxyl groups is 1. The minimum absolute atomic E-state index is 0.257. The van der Waals surface area contributed by atoms with E-state index in [2.05, 4.69) is 15.3 Å². The number of hydrogen-bond donors (Lipinski definition) is 2. The van der Waals surface area contributed by atoms with Crippen molar-refractivity contribution < 1.29 is 9.50 Å². The van der Waals surface area contributed by atoms with Crippen molar-refractivity contribution in [2.24, 2.45) is 0 Å². The minimum Gasteiger partial charge on any atom is -0.386 e. The molecule has 0 bridgehead atoms. The molecular formula is C13H14FN3O. The van der Waals surface area contributed by atoms with Gasteiger partial charge in [0.25, 0.3) is 0 Å². The third-order valence-corrected chi connectivity index (χ3v) is 2.62. The predicted octanol–water partition coefficient (Wildman–Crippen LogP) is 2.15. The Hall–Kier alpha value is -2.01. The molecule has 94 valence electrons. The van der Waals surface area contributed by atoms with Gasteiger partial charge in [0.05, 0.1) is 18.3 Å². The zero-order valence-electron chi connectivity index (χ0n) is 9.92. The van der Waals surface area contributed by atoms with E-state index in [0.717, 1.165) is 0 Å². The van der Waals surface area contributed by atoms with Gasteiger partial charge in [-0.1, -0.05) is 12.1 Å². The Morgan fingerprint density at radius 3 is 2.56 bits per heavy atom. The number of nitrogens with one attached hydrogen (secondary N) is 1. The van der Waals surface area contributed by atoms with Crippen LogP contribution in [0, 0.1) is 5.82 Å². The van der Waals surface area contributed by atoms with Gasteiger partial charge in [-0.25, -0.2) is 9.37 Å². The number of hydrogen-bond acceptors (Lipinski definition) is 4. The van der Waals surface area contributed by atoms with Gasteiger partial charge in [0.15, 0.2) is 0 Å². The number of benzene rings is 1. The average molecular weight is 247 g/mol. The summed E-state index contributed by atoms with van der Waals surface area (Å²) < 4.78 is 12.8. The number of aliphatic hydroxyl groups excluding tert-OH is 1. The van der Waals surface area contributed by atoms with Crippen molar-refractivity contribution >= 4 is 5.82 Å². The van der Waals surface area contributed by atoms with E-state index in [4.69, 9.17) is 0 Å². The molecule has 1 aromatic heterocycles. The van der Waals surface area contributed by atoms with Crippen molar-refractivity contribution in [3.63, 3.8) is 0 Å². The van der Waals surface area contributed by atoms with Crippen molar-refractivity contribution in [1.29, 1.82) is 0 Å². The normalized spacial score (nSPS) is 13.9. The second kappa shape index (κ2) is 5.55. The van der Waals surface area contributed by atoms with Crippen LogP contribution in [0.5, 0.6) is 0 Å². The van der Waals surface area contributed by atoms with E-state index in [1.165, 1.54) is 12.1 Å². The molecule has 18 heavy (non-hydrogen) atoms. The Labute approximate surface area is 105 Å². The van der Waals surface area contributed by atoms with Crippen LogP contribution in [0.1, 0.15) is 18.6 Å². The number of anilines is 1. The highest BCUT2D eigenvalue weighted by Gasteiger charge is 2.16. The van der Waals surface area contributed by atoms with Gasteiger partial charge in [0.2, 0.25) is 0 Å². The van der Waals surface area contributed by atoms with Crippen LogP contribution in [0.2, 0.25) is 0 Å². The van der Waals surface area contributed by atoms with Crippen LogP contribution in [0.3, 0.4) is 0 Å². The molecule has 0 amide bonds. The predicted molar refractivity (Wildman–Crippen MR) is 66.5 cm³/mol. The zero-order valence-corrected chi connectivity index (χ0v) is 9.92. The van der Waals surface area contributed by atoms with Crippen molar-refractivity contribution in [2.45, 2.75) is 19.1 Å². The summed E-state index contributed by atoms with van der Waals surface area (Å²) in [6.45, 7) is 1.82. The monoisotopic (exact) mass is 247 g/mol. The van der Waals surface area contributed by atoms with E-state index in [0.29, 0.717) is 11.4 Å². The maximum atomic E-state index is 12.8. The quantitative estimate of drug-likeness (QED) is 0.869. The standard InChI is InChI=1S/C13H14FN3O/c1-9(17-12-8-15-6-7-16-12)13(18)10-2-4-11(14)5-3-10/h2-9,13,18H,1H3,(H,16,17)/t9-,13+/m1/s1. The molecule has 1 aromatic carbocycles. The summed E-state index contributed by atoms with van der Waals surface area (Å²) in [7, 11) is 0. The lowest BCUT2D eigenvalue weighted by Crippen LogP contribution is -2.24. The first-order valence-corrected chi connectivity index (χ1v) is 5.63. The molecule has 0 fully saturated rings. The summed E-state index contributed by atoms with van der Waals surface area (Å²) in [5, 5.41) is 13.1. The first-order valence-electron chi connectivity index (χ1n) is 5.63. The molecular weight excluding hydrogens is 233 g/mol. The van der Waals surface area contributed by atoms with Crippen molar-refractivity contribution in [2.75, 3.05) is 5.32 Å². The lowest BCUT2D eigenvalue weighted by atomic mass is 10.0. The molecule has 0 saturated carbocycles.